The third kappa shape index (κ3) is 4.31. The number of phenols is 1. The molecule has 0 radical (unpaired) electrons. The van der Waals surface area contributed by atoms with E-state index in [9.17, 15) is 23.1 Å². The average Bonchev–Trinajstić information content (AvgIpc) is 2.77. The second-order valence-electron chi connectivity index (χ2n) is 7.47. The predicted octanol–water partition coefficient (Wildman–Crippen LogP) is 4.38. The molecule has 0 spiro atoms. The second-order valence-corrected chi connectivity index (χ2v) is 7.84. The fourth-order valence-corrected chi connectivity index (χ4v) is 3.90. The molecule has 1 aromatic heterocycles. The second kappa shape index (κ2) is 8.48. The van der Waals surface area contributed by atoms with Crippen molar-refractivity contribution >= 4 is 11.6 Å². The first-order chi connectivity index (χ1) is 15.2. The summed E-state index contributed by atoms with van der Waals surface area (Å²) in [7, 11) is 1.44. The molecule has 4 rings (SSSR count). The highest BCUT2D eigenvalue weighted by Crippen LogP contribution is 2.37. The van der Waals surface area contributed by atoms with Crippen LogP contribution in [0.25, 0.3) is 11.4 Å². The van der Waals surface area contributed by atoms with Gasteiger partial charge in [0.05, 0.1) is 29.0 Å². The van der Waals surface area contributed by atoms with Crippen LogP contribution in [0.1, 0.15) is 22.4 Å². The van der Waals surface area contributed by atoms with Gasteiger partial charge in [0.1, 0.15) is 5.82 Å². The average molecular weight is 466 g/mol. The van der Waals surface area contributed by atoms with E-state index < -0.39 is 11.7 Å². The summed E-state index contributed by atoms with van der Waals surface area (Å²) in [5.41, 5.74) is 1.11. The lowest BCUT2D eigenvalue weighted by Gasteiger charge is -2.28. The van der Waals surface area contributed by atoms with Crippen molar-refractivity contribution in [3.63, 3.8) is 0 Å². The van der Waals surface area contributed by atoms with Gasteiger partial charge in [-0.3, -0.25) is 9.69 Å². The molecule has 0 saturated carbocycles. The van der Waals surface area contributed by atoms with E-state index >= 15 is 0 Å². The third-order valence-electron chi connectivity index (χ3n) is 5.41. The summed E-state index contributed by atoms with van der Waals surface area (Å²) in [6.07, 6.45) is -3.94. The fraction of sp³-hybridized carbons (Fsp3) is 0.273. The van der Waals surface area contributed by atoms with Crippen LogP contribution in [0.2, 0.25) is 5.02 Å². The molecule has 32 heavy (non-hydrogen) atoms. The zero-order valence-corrected chi connectivity index (χ0v) is 17.7. The van der Waals surface area contributed by atoms with E-state index in [4.69, 9.17) is 16.3 Å². The number of H-pyrrole nitrogens is 1. The summed E-state index contributed by atoms with van der Waals surface area (Å²) >= 11 is 6.25. The van der Waals surface area contributed by atoms with E-state index in [1.165, 1.54) is 19.2 Å². The van der Waals surface area contributed by atoms with Crippen molar-refractivity contribution in [3.05, 3.63) is 74.2 Å². The molecule has 0 saturated heterocycles. The van der Waals surface area contributed by atoms with Crippen LogP contribution in [0.4, 0.5) is 13.2 Å². The number of nitrogens with one attached hydrogen (secondary N) is 1. The molecule has 6 nitrogen and oxygen atoms in total. The Bertz CT molecular complexity index is 1210. The van der Waals surface area contributed by atoms with E-state index in [1.54, 1.807) is 12.1 Å². The Hall–Kier alpha value is -3.04. The lowest BCUT2D eigenvalue weighted by Crippen LogP contribution is -2.35. The zero-order chi connectivity index (χ0) is 23.0. The number of benzene rings is 2. The van der Waals surface area contributed by atoms with Gasteiger partial charge in [-0.1, -0.05) is 29.8 Å². The number of alkyl halides is 3. The van der Waals surface area contributed by atoms with Gasteiger partial charge in [0, 0.05) is 31.6 Å². The van der Waals surface area contributed by atoms with Crippen molar-refractivity contribution < 1.29 is 23.0 Å². The number of hydrogen-bond acceptors (Lipinski definition) is 5. The van der Waals surface area contributed by atoms with Crippen LogP contribution in [0.5, 0.6) is 11.5 Å². The summed E-state index contributed by atoms with van der Waals surface area (Å²) in [4.78, 5) is 21.9. The van der Waals surface area contributed by atoms with Gasteiger partial charge in [-0.15, -0.1) is 0 Å². The minimum absolute atomic E-state index is 0.134. The van der Waals surface area contributed by atoms with Gasteiger partial charge in [0.25, 0.3) is 5.56 Å². The van der Waals surface area contributed by atoms with Crippen LogP contribution < -0.4 is 10.3 Å². The Morgan fingerprint density at radius 2 is 1.94 bits per heavy atom. The lowest BCUT2D eigenvalue weighted by molar-refractivity contribution is -0.137. The molecule has 1 aliphatic heterocycles. The molecule has 0 fully saturated rings. The monoisotopic (exact) mass is 465 g/mol. The maximum absolute atomic E-state index is 12.8. The maximum Gasteiger partial charge on any atom is 0.416 e. The molecule has 3 aromatic rings. The van der Waals surface area contributed by atoms with Crippen LogP contribution in [-0.4, -0.2) is 33.6 Å². The van der Waals surface area contributed by atoms with Gasteiger partial charge in [-0.2, -0.15) is 13.2 Å². The number of nitrogens with zero attached hydrogens (tertiary/aromatic N) is 2. The molecule has 168 valence electrons. The predicted molar refractivity (Wildman–Crippen MR) is 113 cm³/mol. The number of halogens is 4. The number of hydrogen-bond donors (Lipinski definition) is 2. The smallest absolute Gasteiger partial charge is 0.416 e. The zero-order valence-electron chi connectivity index (χ0n) is 17.0. The highest BCUT2D eigenvalue weighted by molar-refractivity contribution is 6.33. The van der Waals surface area contributed by atoms with Gasteiger partial charge in [0.2, 0.25) is 0 Å². The molecule has 2 N–H and O–H groups in total. The lowest BCUT2D eigenvalue weighted by atomic mass is 10.0. The first kappa shape index (κ1) is 22.2. The minimum Gasteiger partial charge on any atom is -0.503 e. The van der Waals surface area contributed by atoms with Crippen LogP contribution in [0, 0.1) is 0 Å². The summed E-state index contributed by atoms with van der Waals surface area (Å²) in [6.45, 7) is 1.34. The fourth-order valence-electron chi connectivity index (χ4n) is 3.69. The van der Waals surface area contributed by atoms with Crippen molar-refractivity contribution in [3.8, 4) is 22.9 Å². The highest BCUT2D eigenvalue weighted by atomic mass is 35.5. The van der Waals surface area contributed by atoms with E-state index in [-0.39, 0.29) is 27.9 Å². The van der Waals surface area contributed by atoms with Crippen molar-refractivity contribution in [1.82, 2.24) is 14.9 Å². The maximum atomic E-state index is 12.8. The number of phenolic OH excluding ortho intramolecular Hbond substituents is 1. The van der Waals surface area contributed by atoms with Crippen LogP contribution in [0.3, 0.4) is 0 Å². The first-order valence-electron chi connectivity index (χ1n) is 9.73. The van der Waals surface area contributed by atoms with Gasteiger partial charge >= 0.3 is 6.18 Å². The van der Waals surface area contributed by atoms with Crippen molar-refractivity contribution in [2.24, 2.45) is 0 Å². The van der Waals surface area contributed by atoms with Crippen molar-refractivity contribution in [2.45, 2.75) is 25.7 Å². The quantitative estimate of drug-likeness (QED) is 0.598. The van der Waals surface area contributed by atoms with Crippen LogP contribution in [-0.2, 0) is 25.7 Å². The van der Waals surface area contributed by atoms with Gasteiger partial charge in [-0.05, 0) is 23.8 Å². The first-order valence-corrected chi connectivity index (χ1v) is 10.1. The van der Waals surface area contributed by atoms with Gasteiger partial charge in [0.15, 0.2) is 11.5 Å². The Labute approximate surface area is 186 Å². The third-order valence-corrected chi connectivity index (χ3v) is 5.83. The van der Waals surface area contributed by atoms with Crippen LogP contribution in [0.15, 0.2) is 41.2 Å². The Morgan fingerprint density at radius 3 is 2.59 bits per heavy atom. The van der Waals surface area contributed by atoms with E-state index in [0.717, 1.165) is 12.1 Å². The van der Waals surface area contributed by atoms with E-state index in [0.29, 0.717) is 48.4 Å². The molecule has 0 atom stereocenters. The molecular weight excluding hydrogens is 447 g/mol. The highest BCUT2D eigenvalue weighted by Gasteiger charge is 2.30. The molecule has 0 bridgehead atoms. The summed E-state index contributed by atoms with van der Waals surface area (Å²) < 4.78 is 43.4. The number of fused-ring (bicyclic) bond motifs is 1. The number of rotatable bonds is 4. The molecule has 0 amide bonds. The largest absolute Gasteiger partial charge is 0.503 e. The molecule has 2 aromatic carbocycles. The Kier molecular flexibility index (Phi) is 5.87. The Balaban J connectivity index is 1.55. The molecule has 10 heteroatoms. The van der Waals surface area contributed by atoms with Gasteiger partial charge < -0.3 is 14.8 Å². The summed E-state index contributed by atoms with van der Waals surface area (Å²) in [5.74, 6) is 0.378. The summed E-state index contributed by atoms with van der Waals surface area (Å²) in [6, 6.07) is 7.89. The number of ether oxygens (including phenoxy) is 1. The minimum atomic E-state index is -4.43. The number of aromatic amines is 1. The standard InChI is InChI=1S/C22H19ClF3N3O3/c1-32-17-7-4-13(18(23)19(17)30)10-29-9-8-16-15(11-29)21(31)28-20(27-16)12-2-5-14(6-3-12)22(24,25)26/h2-7,30H,8-11H2,1H3,(H,27,28,31). The van der Waals surface area contributed by atoms with E-state index in [1.807, 2.05) is 4.90 Å². The number of methoxy groups -OCH3 is 1. The molecule has 0 aliphatic carbocycles. The summed E-state index contributed by atoms with van der Waals surface area (Å²) in [5, 5.41) is 10.3. The van der Waals surface area contributed by atoms with E-state index in [2.05, 4.69) is 9.97 Å². The van der Waals surface area contributed by atoms with Crippen molar-refractivity contribution in [1.29, 1.82) is 0 Å². The molecular formula is C22H19ClF3N3O3. The number of aromatic nitrogens is 2. The molecule has 2 heterocycles. The Morgan fingerprint density at radius 1 is 1.22 bits per heavy atom. The molecule has 0 unspecified atom stereocenters. The molecule has 1 aliphatic rings. The number of aromatic hydroxyl groups is 1. The van der Waals surface area contributed by atoms with Crippen molar-refractivity contribution in [2.75, 3.05) is 13.7 Å². The van der Waals surface area contributed by atoms with Gasteiger partial charge in [-0.25, -0.2) is 4.98 Å². The van der Waals surface area contributed by atoms with Crippen LogP contribution >= 0.6 is 11.6 Å². The SMILES string of the molecule is COc1ccc(CN2CCc3nc(-c4ccc(C(F)(F)F)cc4)[nH]c(=O)c3C2)c(Cl)c1O. The topological polar surface area (TPSA) is 78.5 Å². The normalized spacial score (nSPS) is 14.3.